The molecular weight excluding hydrogens is 430 g/mol. The van der Waals surface area contributed by atoms with Crippen molar-refractivity contribution in [1.82, 2.24) is 14.8 Å². The van der Waals surface area contributed by atoms with Gasteiger partial charge < -0.3 is 9.30 Å². The van der Waals surface area contributed by atoms with Crippen LogP contribution in [0.4, 0.5) is 0 Å². The van der Waals surface area contributed by atoms with Crippen LogP contribution in [0, 0.1) is 6.92 Å². The molecule has 0 unspecified atom stereocenters. The molecule has 0 amide bonds. The molecular formula is C20H22ClN3O3S2. The zero-order chi connectivity index (χ0) is 20.9. The minimum absolute atomic E-state index is 0.187. The molecule has 1 aromatic heterocycles. The van der Waals surface area contributed by atoms with Gasteiger partial charge in [0.25, 0.3) is 0 Å². The Bertz CT molecular complexity index is 1070. The number of aryl methyl sites for hydroxylation is 1. The van der Waals surface area contributed by atoms with E-state index in [1.165, 1.54) is 11.8 Å². The van der Waals surface area contributed by atoms with Gasteiger partial charge >= 0.3 is 0 Å². The molecule has 2 aromatic carbocycles. The molecule has 3 rings (SSSR count). The standard InChI is InChI=1S/C20H22ClN3O3S2/c1-3-24-19(14-29(25,26)16-10-8-15(2)9-11-16)22-23-20(24)28-13-12-27-18-7-5-4-6-17(18)21/h4-11H,3,12-14H2,1-2H3. The van der Waals surface area contributed by atoms with Crippen LogP contribution in [0.5, 0.6) is 5.75 Å². The normalized spacial score (nSPS) is 11.6. The van der Waals surface area contributed by atoms with Gasteiger partial charge in [-0.1, -0.05) is 53.2 Å². The number of benzene rings is 2. The van der Waals surface area contributed by atoms with Crippen molar-refractivity contribution >= 4 is 33.2 Å². The predicted octanol–water partition coefficient (Wildman–Crippen LogP) is 4.40. The highest BCUT2D eigenvalue weighted by Gasteiger charge is 2.21. The van der Waals surface area contributed by atoms with Gasteiger partial charge in [0.15, 0.2) is 15.0 Å². The lowest BCUT2D eigenvalue weighted by atomic mass is 10.2. The Hall–Kier alpha value is -2.03. The zero-order valence-electron chi connectivity index (χ0n) is 16.2. The Kier molecular flexibility index (Phi) is 7.21. The molecule has 0 N–H and O–H groups in total. The number of para-hydroxylation sites is 1. The molecule has 0 fully saturated rings. The molecule has 1 heterocycles. The van der Waals surface area contributed by atoms with Crippen molar-refractivity contribution < 1.29 is 13.2 Å². The fourth-order valence-electron chi connectivity index (χ4n) is 2.70. The van der Waals surface area contributed by atoms with E-state index in [1.807, 2.05) is 36.6 Å². The first-order valence-electron chi connectivity index (χ1n) is 9.12. The number of aromatic nitrogens is 3. The molecule has 6 nitrogen and oxygen atoms in total. The molecule has 9 heteroatoms. The van der Waals surface area contributed by atoms with Gasteiger partial charge in [-0.15, -0.1) is 10.2 Å². The number of hydrogen-bond acceptors (Lipinski definition) is 6. The first kappa shape index (κ1) is 21.7. The van der Waals surface area contributed by atoms with E-state index in [4.69, 9.17) is 16.3 Å². The van der Waals surface area contributed by atoms with Crippen molar-refractivity contribution in [3.05, 3.63) is 64.9 Å². The number of sulfone groups is 1. The third-order valence-electron chi connectivity index (χ3n) is 4.22. The van der Waals surface area contributed by atoms with Crippen LogP contribution in [0.2, 0.25) is 5.02 Å². The lowest BCUT2D eigenvalue weighted by molar-refractivity contribution is 0.344. The molecule has 0 aliphatic carbocycles. The average molecular weight is 452 g/mol. The van der Waals surface area contributed by atoms with E-state index < -0.39 is 9.84 Å². The number of hydrogen-bond donors (Lipinski definition) is 0. The van der Waals surface area contributed by atoms with Crippen molar-refractivity contribution in [3.63, 3.8) is 0 Å². The van der Waals surface area contributed by atoms with Crippen LogP contribution in [0.25, 0.3) is 0 Å². The summed E-state index contributed by atoms with van der Waals surface area (Å²) in [6.45, 7) is 4.89. The van der Waals surface area contributed by atoms with E-state index in [-0.39, 0.29) is 10.6 Å². The lowest BCUT2D eigenvalue weighted by Crippen LogP contribution is -2.11. The van der Waals surface area contributed by atoms with Crippen molar-refractivity contribution in [1.29, 1.82) is 0 Å². The molecule has 3 aromatic rings. The maximum Gasteiger partial charge on any atom is 0.191 e. The van der Waals surface area contributed by atoms with Gasteiger partial charge in [0, 0.05) is 12.3 Å². The van der Waals surface area contributed by atoms with Crippen molar-refractivity contribution in [2.45, 2.75) is 36.2 Å². The highest BCUT2D eigenvalue weighted by atomic mass is 35.5. The topological polar surface area (TPSA) is 74.1 Å². The lowest BCUT2D eigenvalue weighted by Gasteiger charge is -2.09. The maximum absolute atomic E-state index is 12.7. The average Bonchev–Trinajstić information content (AvgIpc) is 3.07. The van der Waals surface area contributed by atoms with Crippen LogP contribution < -0.4 is 4.74 Å². The number of ether oxygens (including phenoxy) is 1. The largest absolute Gasteiger partial charge is 0.491 e. The maximum atomic E-state index is 12.7. The highest BCUT2D eigenvalue weighted by molar-refractivity contribution is 7.99. The van der Waals surface area contributed by atoms with Gasteiger partial charge in [0.2, 0.25) is 0 Å². The number of rotatable bonds is 9. The van der Waals surface area contributed by atoms with E-state index in [1.54, 1.807) is 30.3 Å². The second kappa shape index (κ2) is 9.65. The smallest absolute Gasteiger partial charge is 0.191 e. The second-order valence-electron chi connectivity index (χ2n) is 6.34. The van der Waals surface area contributed by atoms with Gasteiger partial charge in [-0.2, -0.15) is 0 Å². The summed E-state index contributed by atoms with van der Waals surface area (Å²) in [5, 5.41) is 9.53. The molecule has 0 aliphatic rings. The summed E-state index contributed by atoms with van der Waals surface area (Å²) >= 11 is 7.54. The van der Waals surface area contributed by atoms with Crippen molar-refractivity contribution in [3.8, 4) is 5.75 Å². The Morgan fingerprint density at radius 1 is 1.10 bits per heavy atom. The van der Waals surface area contributed by atoms with Crippen LogP contribution in [0.1, 0.15) is 18.3 Å². The summed E-state index contributed by atoms with van der Waals surface area (Å²) in [5.74, 6) is 1.51. The monoisotopic (exact) mass is 451 g/mol. The van der Waals surface area contributed by atoms with Crippen LogP contribution >= 0.6 is 23.4 Å². The minimum atomic E-state index is -3.49. The van der Waals surface area contributed by atoms with E-state index >= 15 is 0 Å². The highest BCUT2D eigenvalue weighted by Crippen LogP contribution is 2.24. The van der Waals surface area contributed by atoms with Crippen LogP contribution in [0.15, 0.2) is 58.6 Å². The van der Waals surface area contributed by atoms with Crippen molar-refractivity contribution in [2.24, 2.45) is 0 Å². The SMILES string of the molecule is CCn1c(CS(=O)(=O)c2ccc(C)cc2)nnc1SCCOc1ccccc1Cl. The van der Waals surface area contributed by atoms with Crippen LogP contribution in [-0.2, 0) is 22.1 Å². The fourth-order valence-corrected chi connectivity index (χ4v) is 4.99. The molecule has 0 saturated heterocycles. The van der Waals surface area contributed by atoms with Crippen LogP contribution in [0.3, 0.4) is 0 Å². The molecule has 0 spiro atoms. The molecule has 154 valence electrons. The summed E-state index contributed by atoms with van der Waals surface area (Å²) in [4.78, 5) is 0.288. The summed E-state index contributed by atoms with van der Waals surface area (Å²) in [5.41, 5.74) is 1.01. The van der Waals surface area contributed by atoms with Gasteiger partial charge in [-0.3, -0.25) is 0 Å². The molecule has 0 aliphatic heterocycles. The van der Waals surface area contributed by atoms with E-state index in [0.29, 0.717) is 40.7 Å². The zero-order valence-corrected chi connectivity index (χ0v) is 18.6. The Labute approximate surface area is 180 Å². The molecule has 0 saturated carbocycles. The molecule has 29 heavy (non-hydrogen) atoms. The quantitative estimate of drug-likeness (QED) is 0.354. The Morgan fingerprint density at radius 3 is 2.52 bits per heavy atom. The van der Waals surface area contributed by atoms with E-state index in [9.17, 15) is 8.42 Å². The first-order chi connectivity index (χ1) is 13.9. The number of halogens is 1. The van der Waals surface area contributed by atoms with Gasteiger partial charge in [0.05, 0.1) is 16.5 Å². The van der Waals surface area contributed by atoms with E-state index in [2.05, 4.69) is 10.2 Å². The minimum Gasteiger partial charge on any atom is -0.491 e. The third kappa shape index (κ3) is 5.52. The van der Waals surface area contributed by atoms with Gasteiger partial charge in [0.1, 0.15) is 17.3 Å². The van der Waals surface area contributed by atoms with Crippen molar-refractivity contribution in [2.75, 3.05) is 12.4 Å². The third-order valence-corrected chi connectivity index (χ3v) is 7.09. The summed E-state index contributed by atoms with van der Waals surface area (Å²) in [6.07, 6.45) is 0. The predicted molar refractivity (Wildman–Crippen MR) is 115 cm³/mol. The first-order valence-corrected chi connectivity index (χ1v) is 12.1. The van der Waals surface area contributed by atoms with E-state index in [0.717, 1.165) is 5.56 Å². The Balaban J connectivity index is 1.64. The molecule has 0 radical (unpaired) electrons. The van der Waals surface area contributed by atoms with Crippen LogP contribution in [-0.4, -0.2) is 35.5 Å². The number of nitrogens with zero attached hydrogens (tertiary/aromatic N) is 3. The fraction of sp³-hybridized carbons (Fsp3) is 0.300. The summed E-state index contributed by atoms with van der Waals surface area (Å²) < 4.78 is 32.9. The molecule has 0 atom stereocenters. The van der Waals surface area contributed by atoms with Gasteiger partial charge in [-0.05, 0) is 38.1 Å². The van der Waals surface area contributed by atoms with Gasteiger partial charge in [-0.25, -0.2) is 8.42 Å². The Morgan fingerprint density at radius 2 is 1.83 bits per heavy atom. The second-order valence-corrected chi connectivity index (χ2v) is 9.80. The number of thioether (sulfide) groups is 1. The molecule has 0 bridgehead atoms. The summed E-state index contributed by atoms with van der Waals surface area (Å²) in [7, 11) is -3.49. The summed E-state index contributed by atoms with van der Waals surface area (Å²) in [6, 6.07) is 14.1.